The van der Waals surface area contributed by atoms with Crippen LogP contribution in [0.4, 0.5) is 0 Å². The van der Waals surface area contributed by atoms with Gasteiger partial charge in [0.2, 0.25) is 5.89 Å². The Hall–Kier alpha value is -1.69. The molecule has 1 aliphatic rings. The van der Waals surface area contributed by atoms with E-state index < -0.39 is 0 Å². The molecule has 1 fully saturated rings. The summed E-state index contributed by atoms with van der Waals surface area (Å²) in [6, 6.07) is 2.38. The lowest BCUT2D eigenvalue weighted by Gasteiger charge is -2.21. The van der Waals surface area contributed by atoms with E-state index in [2.05, 4.69) is 51.7 Å². The molecule has 3 heterocycles. The molecule has 0 radical (unpaired) electrons. The molecule has 120 valence electrons. The monoisotopic (exact) mass is 303 g/mol. The van der Waals surface area contributed by atoms with Crippen LogP contribution in [-0.4, -0.2) is 37.9 Å². The fourth-order valence-electron chi connectivity index (χ4n) is 3.12. The molecule has 0 aromatic carbocycles. The van der Waals surface area contributed by atoms with E-state index in [1.807, 2.05) is 6.92 Å². The summed E-state index contributed by atoms with van der Waals surface area (Å²) in [6.45, 7) is 11.3. The van der Waals surface area contributed by atoms with Gasteiger partial charge in [-0.05, 0) is 39.3 Å². The Labute approximate surface area is 131 Å². The highest BCUT2D eigenvalue weighted by molar-refractivity contribution is 5.06. The molecule has 0 unspecified atom stereocenters. The molecule has 6 nitrogen and oxygen atoms in total. The Kier molecular flexibility index (Phi) is 4.29. The Morgan fingerprint density at radius 2 is 2.14 bits per heavy atom. The summed E-state index contributed by atoms with van der Waals surface area (Å²) in [5, 5.41) is 8.63. The molecule has 2 aromatic rings. The molecular weight excluding hydrogens is 278 g/mol. The molecule has 0 saturated carbocycles. The summed E-state index contributed by atoms with van der Waals surface area (Å²) in [5.74, 6) is 1.89. The van der Waals surface area contributed by atoms with Crippen LogP contribution < -0.4 is 0 Å². The Bertz CT molecular complexity index is 630. The van der Waals surface area contributed by atoms with E-state index in [0.29, 0.717) is 5.92 Å². The van der Waals surface area contributed by atoms with Gasteiger partial charge in [-0.3, -0.25) is 9.58 Å². The first-order valence-electron chi connectivity index (χ1n) is 8.13. The second-order valence-corrected chi connectivity index (χ2v) is 6.49. The van der Waals surface area contributed by atoms with E-state index in [1.165, 1.54) is 12.1 Å². The van der Waals surface area contributed by atoms with Crippen LogP contribution in [0.2, 0.25) is 0 Å². The summed E-state index contributed by atoms with van der Waals surface area (Å²) in [5.41, 5.74) is 2.29. The standard InChI is InChI=1S/C16H25N5O/c1-11(2)15-17-16(22-19-15)14-6-5-7-20(14)8-9-21-13(4)10-12(3)18-21/h10-11,14H,5-9H2,1-4H3/t14-/m0/s1. The predicted molar refractivity (Wildman–Crippen MR) is 83.6 cm³/mol. The van der Waals surface area contributed by atoms with Crippen molar-refractivity contribution in [3.8, 4) is 0 Å². The minimum Gasteiger partial charge on any atom is -0.338 e. The van der Waals surface area contributed by atoms with E-state index in [1.54, 1.807) is 0 Å². The quantitative estimate of drug-likeness (QED) is 0.850. The number of aryl methyl sites for hydroxylation is 2. The second-order valence-electron chi connectivity index (χ2n) is 6.49. The van der Waals surface area contributed by atoms with E-state index in [4.69, 9.17) is 4.52 Å². The van der Waals surface area contributed by atoms with Crippen LogP contribution in [0.15, 0.2) is 10.6 Å². The fourth-order valence-corrected chi connectivity index (χ4v) is 3.12. The lowest BCUT2D eigenvalue weighted by molar-refractivity contribution is 0.199. The largest absolute Gasteiger partial charge is 0.338 e. The number of likely N-dealkylation sites (tertiary alicyclic amines) is 1. The van der Waals surface area contributed by atoms with Crippen molar-refractivity contribution >= 4 is 0 Å². The molecule has 2 aromatic heterocycles. The van der Waals surface area contributed by atoms with Crippen molar-refractivity contribution < 1.29 is 4.52 Å². The van der Waals surface area contributed by atoms with Gasteiger partial charge in [-0.15, -0.1) is 0 Å². The third-order valence-corrected chi connectivity index (χ3v) is 4.32. The van der Waals surface area contributed by atoms with Gasteiger partial charge < -0.3 is 4.52 Å². The third-order valence-electron chi connectivity index (χ3n) is 4.32. The zero-order valence-electron chi connectivity index (χ0n) is 13.9. The van der Waals surface area contributed by atoms with Gasteiger partial charge in [-0.25, -0.2) is 0 Å². The van der Waals surface area contributed by atoms with Crippen LogP contribution in [0.1, 0.15) is 61.8 Å². The zero-order chi connectivity index (χ0) is 15.7. The van der Waals surface area contributed by atoms with Gasteiger partial charge in [0.1, 0.15) is 0 Å². The number of hydrogen-bond donors (Lipinski definition) is 0. The highest BCUT2D eigenvalue weighted by atomic mass is 16.5. The molecule has 0 spiro atoms. The van der Waals surface area contributed by atoms with Crippen LogP contribution in [0.25, 0.3) is 0 Å². The minimum absolute atomic E-state index is 0.261. The molecular formula is C16H25N5O. The SMILES string of the molecule is Cc1cc(C)n(CCN2CCC[C@H]2c2nc(C(C)C)no2)n1. The average molecular weight is 303 g/mol. The summed E-state index contributed by atoms with van der Waals surface area (Å²) in [6.07, 6.45) is 2.28. The average Bonchev–Trinajstić information content (AvgIpc) is 3.15. The minimum atomic E-state index is 0.261. The van der Waals surface area contributed by atoms with E-state index >= 15 is 0 Å². The van der Waals surface area contributed by atoms with Crippen LogP contribution in [0, 0.1) is 13.8 Å². The first-order valence-corrected chi connectivity index (χ1v) is 8.13. The first kappa shape index (κ1) is 15.2. The van der Waals surface area contributed by atoms with Gasteiger partial charge in [-0.1, -0.05) is 19.0 Å². The van der Waals surface area contributed by atoms with Crippen molar-refractivity contribution in [2.45, 2.75) is 59.0 Å². The van der Waals surface area contributed by atoms with Crippen molar-refractivity contribution in [1.29, 1.82) is 0 Å². The molecule has 0 N–H and O–H groups in total. The molecule has 22 heavy (non-hydrogen) atoms. The molecule has 3 rings (SSSR count). The van der Waals surface area contributed by atoms with Gasteiger partial charge in [0, 0.05) is 18.2 Å². The van der Waals surface area contributed by atoms with Gasteiger partial charge in [0.25, 0.3) is 0 Å². The normalized spacial score (nSPS) is 19.4. The van der Waals surface area contributed by atoms with Gasteiger partial charge in [0.05, 0.1) is 18.3 Å². The maximum atomic E-state index is 5.49. The number of hydrogen-bond acceptors (Lipinski definition) is 5. The van der Waals surface area contributed by atoms with Crippen LogP contribution in [0.5, 0.6) is 0 Å². The van der Waals surface area contributed by atoms with Crippen molar-refractivity contribution in [1.82, 2.24) is 24.8 Å². The van der Waals surface area contributed by atoms with E-state index in [0.717, 1.165) is 43.5 Å². The van der Waals surface area contributed by atoms with Crippen molar-refractivity contribution in [3.63, 3.8) is 0 Å². The number of aromatic nitrogens is 4. The summed E-state index contributed by atoms with van der Waals surface area (Å²) < 4.78 is 7.58. The lowest BCUT2D eigenvalue weighted by Crippen LogP contribution is -2.28. The lowest BCUT2D eigenvalue weighted by atomic mass is 10.2. The predicted octanol–water partition coefficient (Wildman–Crippen LogP) is 2.84. The highest BCUT2D eigenvalue weighted by Crippen LogP contribution is 2.31. The summed E-state index contributed by atoms with van der Waals surface area (Å²) in [7, 11) is 0. The molecule has 0 bridgehead atoms. The van der Waals surface area contributed by atoms with Gasteiger partial charge in [-0.2, -0.15) is 10.1 Å². The number of rotatable bonds is 5. The smallest absolute Gasteiger partial charge is 0.244 e. The maximum absolute atomic E-state index is 5.49. The Morgan fingerprint density at radius 1 is 1.32 bits per heavy atom. The molecule has 1 saturated heterocycles. The molecule has 6 heteroatoms. The zero-order valence-corrected chi connectivity index (χ0v) is 13.9. The first-order chi connectivity index (χ1) is 10.5. The van der Waals surface area contributed by atoms with E-state index in [9.17, 15) is 0 Å². The maximum Gasteiger partial charge on any atom is 0.244 e. The van der Waals surface area contributed by atoms with Crippen molar-refractivity contribution in [2.24, 2.45) is 0 Å². The molecule has 1 aliphatic heterocycles. The van der Waals surface area contributed by atoms with Crippen LogP contribution >= 0.6 is 0 Å². The molecule has 0 amide bonds. The highest BCUT2D eigenvalue weighted by Gasteiger charge is 2.30. The van der Waals surface area contributed by atoms with Crippen LogP contribution in [0.3, 0.4) is 0 Å². The summed E-state index contributed by atoms with van der Waals surface area (Å²) >= 11 is 0. The summed E-state index contributed by atoms with van der Waals surface area (Å²) in [4.78, 5) is 7.02. The Balaban J connectivity index is 1.66. The number of nitrogens with zero attached hydrogens (tertiary/aromatic N) is 5. The second kappa shape index (κ2) is 6.20. The van der Waals surface area contributed by atoms with E-state index in [-0.39, 0.29) is 6.04 Å². The van der Waals surface area contributed by atoms with Gasteiger partial charge in [0.15, 0.2) is 5.82 Å². The van der Waals surface area contributed by atoms with Gasteiger partial charge >= 0.3 is 0 Å². The van der Waals surface area contributed by atoms with Crippen LogP contribution in [-0.2, 0) is 6.54 Å². The fraction of sp³-hybridized carbons (Fsp3) is 0.688. The third kappa shape index (κ3) is 3.06. The topological polar surface area (TPSA) is 60.0 Å². The molecule has 0 aliphatic carbocycles. The Morgan fingerprint density at radius 3 is 2.77 bits per heavy atom. The van der Waals surface area contributed by atoms with Crippen molar-refractivity contribution in [3.05, 3.63) is 29.2 Å². The van der Waals surface area contributed by atoms with Crippen molar-refractivity contribution in [2.75, 3.05) is 13.1 Å². The molecule has 1 atom stereocenters.